The van der Waals surface area contributed by atoms with E-state index < -0.39 is 0 Å². The smallest absolute Gasteiger partial charge is 0.256 e. The summed E-state index contributed by atoms with van der Waals surface area (Å²) in [5.74, 6) is 0.218. The number of carbonyl (C=O) groups is 1. The van der Waals surface area contributed by atoms with Crippen molar-refractivity contribution in [2.45, 2.75) is 51.6 Å². The summed E-state index contributed by atoms with van der Waals surface area (Å²) in [5, 5.41) is 0. The number of amides is 1. The molecule has 1 saturated heterocycles. The summed E-state index contributed by atoms with van der Waals surface area (Å²) in [6.45, 7) is 6.35. The van der Waals surface area contributed by atoms with Crippen molar-refractivity contribution in [3.63, 3.8) is 0 Å². The molecule has 1 amide bonds. The second-order valence-corrected chi connectivity index (χ2v) is 6.10. The Morgan fingerprint density at radius 1 is 1.35 bits per heavy atom. The average Bonchev–Trinajstić information content (AvgIpc) is 2.88. The highest BCUT2D eigenvalue weighted by Crippen LogP contribution is 2.33. The number of para-hydroxylation sites is 1. The fourth-order valence-corrected chi connectivity index (χ4v) is 3.67. The van der Waals surface area contributed by atoms with Gasteiger partial charge in [0.1, 0.15) is 0 Å². The predicted octanol–water partition coefficient (Wildman–Crippen LogP) is 3.30. The first-order valence-electron chi connectivity index (χ1n) is 7.89. The first kappa shape index (κ1) is 13.5. The molecular weight excluding hydrogens is 248 g/mol. The Morgan fingerprint density at radius 2 is 2.15 bits per heavy atom. The molecule has 2 atom stereocenters. The fraction of sp³-hybridized carbons (Fsp3) is 0.588. The van der Waals surface area contributed by atoms with E-state index in [1.165, 1.54) is 12.8 Å². The Morgan fingerprint density at radius 3 is 2.95 bits per heavy atom. The van der Waals surface area contributed by atoms with Crippen molar-refractivity contribution in [3.05, 3.63) is 29.8 Å². The molecule has 1 fully saturated rings. The van der Waals surface area contributed by atoms with E-state index >= 15 is 0 Å². The van der Waals surface area contributed by atoms with E-state index in [-0.39, 0.29) is 5.91 Å². The Kier molecular flexibility index (Phi) is 3.68. The van der Waals surface area contributed by atoms with Crippen LogP contribution in [0, 0.1) is 0 Å². The standard InChI is InChI=1S/C17H24N2O/c1-3-7-13(2)19-12-14-8-6-11-18(14)16-10-5-4-9-15(16)17(19)20/h4-5,9-10,13-14H,3,6-8,11-12H2,1-2H3. The van der Waals surface area contributed by atoms with Crippen LogP contribution in [0.5, 0.6) is 0 Å². The molecule has 3 rings (SSSR count). The van der Waals surface area contributed by atoms with Gasteiger partial charge in [0.05, 0.1) is 5.56 Å². The normalized spacial score (nSPS) is 23.3. The van der Waals surface area contributed by atoms with Crippen molar-refractivity contribution in [2.75, 3.05) is 18.0 Å². The third-order valence-electron chi connectivity index (χ3n) is 4.73. The van der Waals surface area contributed by atoms with Crippen molar-refractivity contribution >= 4 is 11.6 Å². The zero-order valence-corrected chi connectivity index (χ0v) is 12.5. The Hall–Kier alpha value is -1.51. The SMILES string of the molecule is CCCC(C)N1CC2CCCN2c2ccccc2C1=O. The van der Waals surface area contributed by atoms with Crippen LogP contribution >= 0.6 is 0 Å². The monoisotopic (exact) mass is 272 g/mol. The molecule has 0 aromatic heterocycles. The Bertz CT molecular complexity index is 500. The number of anilines is 1. The molecule has 2 unspecified atom stereocenters. The largest absolute Gasteiger partial charge is 0.366 e. The molecule has 0 bridgehead atoms. The van der Waals surface area contributed by atoms with E-state index in [2.05, 4.69) is 29.7 Å². The summed E-state index contributed by atoms with van der Waals surface area (Å²) in [6.07, 6.45) is 4.65. The lowest BCUT2D eigenvalue weighted by atomic mass is 10.1. The predicted molar refractivity (Wildman–Crippen MR) is 82.2 cm³/mol. The molecule has 1 aromatic rings. The molecule has 2 aliphatic rings. The van der Waals surface area contributed by atoms with Gasteiger partial charge in [-0.15, -0.1) is 0 Å². The van der Waals surface area contributed by atoms with Gasteiger partial charge < -0.3 is 9.80 Å². The summed E-state index contributed by atoms with van der Waals surface area (Å²) in [5.41, 5.74) is 2.03. The van der Waals surface area contributed by atoms with Crippen LogP contribution in [0.3, 0.4) is 0 Å². The van der Waals surface area contributed by atoms with E-state index in [9.17, 15) is 4.79 Å². The number of carbonyl (C=O) groups excluding carboxylic acids is 1. The average molecular weight is 272 g/mol. The van der Waals surface area contributed by atoms with Crippen LogP contribution in [0.1, 0.15) is 49.9 Å². The van der Waals surface area contributed by atoms with Gasteiger partial charge >= 0.3 is 0 Å². The van der Waals surface area contributed by atoms with Crippen LogP contribution in [0.15, 0.2) is 24.3 Å². The number of hydrogen-bond donors (Lipinski definition) is 0. The van der Waals surface area contributed by atoms with Crippen LogP contribution in [0.2, 0.25) is 0 Å². The fourth-order valence-electron chi connectivity index (χ4n) is 3.67. The van der Waals surface area contributed by atoms with Crippen molar-refractivity contribution in [1.29, 1.82) is 0 Å². The third kappa shape index (κ3) is 2.19. The number of rotatable bonds is 3. The van der Waals surface area contributed by atoms with Gasteiger partial charge in [-0.05, 0) is 38.3 Å². The minimum absolute atomic E-state index is 0.218. The lowest BCUT2D eigenvalue weighted by Gasteiger charge is -2.31. The van der Waals surface area contributed by atoms with Gasteiger partial charge in [-0.2, -0.15) is 0 Å². The van der Waals surface area contributed by atoms with Crippen molar-refractivity contribution < 1.29 is 4.79 Å². The molecule has 2 aliphatic heterocycles. The van der Waals surface area contributed by atoms with E-state index in [1.54, 1.807) is 0 Å². The Balaban J connectivity index is 1.99. The zero-order chi connectivity index (χ0) is 14.1. The molecule has 20 heavy (non-hydrogen) atoms. The molecule has 0 saturated carbocycles. The molecule has 108 valence electrons. The molecule has 0 N–H and O–H groups in total. The summed E-state index contributed by atoms with van der Waals surface area (Å²) in [7, 11) is 0. The zero-order valence-electron chi connectivity index (χ0n) is 12.5. The summed E-state index contributed by atoms with van der Waals surface area (Å²) in [6, 6.07) is 8.97. The highest BCUT2D eigenvalue weighted by atomic mass is 16.2. The van der Waals surface area contributed by atoms with Gasteiger partial charge in [0.15, 0.2) is 0 Å². The molecule has 2 heterocycles. The number of benzene rings is 1. The van der Waals surface area contributed by atoms with Gasteiger partial charge in [0, 0.05) is 30.9 Å². The molecule has 0 radical (unpaired) electrons. The number of nitrogens with zero attached hydrogens (tertiary/aromatic N) is 2. The first-order valence-corrected chi connectivity index (χ1v) is 7.89. The maximum absolute atomic E-state index is 12.9. The van der Waals surface area contributed by atoms with Crippen LogP contribution in [0.4, 0.5) is 5.69 Å². The van der Waals surface area contributed by atoms with Gasteiger partial charge in [-0.1, -0.05) is 25.5 Å². The second-order valence-electron chi connectivity index (χ2n) is 6.10. The summed E-state index contributed by atoms with van der Waals surface area (Å²) >= 11 is 0. The molecular formula is C17H24N2O. The quantitative estimate of drug-likeness (QED) is 0.843. The molecule has 0 aliphatic carbocycles. The summed E-state index contributed by atoms with van der Waals surface area (Å²) in [4.78, 5) is 17.4. The van der Waals surface area contributed by atoms with Gasteiger partial charge in [-0.3, -0.25) is 4.79 Å². The van der Waals surface area contributed by atoms with Crippen LogP contribution in [-0.4, -0.2) is 36.0 Å². The third-order valence-corrected chi connectivity index (χ3v) is 4.73. The van der Waals surface area contributed by atoms with Crippen molar-refractivity contribution in [2.24, 2.45) is 0 Å². The second kappa shape index (κ2) is 5.47. The first-order chi connectivity index (χ1) is 9.72. The van der Waals surface area contributed by atoms with Crippen LogP contribution in [0.25, 0.3) is 0 Å². The van der Waals surface area contributed by atoms with Crippen molar-refractivity contribution in [3.8, 4) is 0 Å². The highest BCUT2D eigenvalue weighted by molar-refractivity contribution is 6.00. The topological polar surface area (TPSA) is 23.6 Å². The molecule has 3 nitrogen and oxygen atoms in total. The minimum Gasteiger partial charge on any atom is -0.366 e. The maximum atomic E-state index is 12.9. The number of hydrogen-bond acceptors (Lipinski definition) is 2. The summed E-state index contributed by atoms with van der Waals surface area (Å²) < 4.78 is 0. The van der Waals surface area contributed by atoms with E-state index in [1.807, 2.05) is 18.2 Å². The van der Waals surface area contributed by atoms with Gasteiger partial charge in [-0.25, -0.2) is 0 Å². The van der Waals surface area contributed by atoms with E-state index in [0.717, 1.165) is 37.2 Å². The molecule has 0 spiro atoms. The lowest BCUT2D eigenvalue weighted by Crippen LogP contribution is -2.44. The van der Waals surface area contributed by atoms with Crippen molar-refractivity contribution in [1.82, 2.24) is 4.90 Å². The molecule has 3 heteroatoms. The van der Waals surface area contributed by atoms with Gasteiger partial charge in [0.2, 0.25) is 0 Å². The lowest BCUT2D eigenvalue weighted by molar-refractivity contribution is 0.0681. The van der Waals surface area contributed by atoms with Crippen LogP contribution in [-0.2, 0) is 0 Å². The minimum atomic E-state index is 0.218. The highest BCUT2D eigenvalue weighted by Gasteiger charge is 2.36. The van der Waals surface area contributed by atoms with Crippen LogP contribution < -0.4 is 4.90 Å². The van der Waals surface area contributed by atoms with Gasteiger partial charge in [0.25, 0.3) is 5.91 Å². The molecule has 1 aromatic carbocycles. The van der Waals surface area contributed by atoms with E-state index in [4.69, 9.17) is 0 Å². The maximum Gasteiger partial charge on any atom is 0.256 e. The number of fused-ring (bicyclic) bond motifs is 3. The Labute approximate surface area is 121 Å². The van der Waals surface area contributed by atoms with E-state index in [0.29, 0.717) is 12.1 Å².